The standard InChI is InChI=1S/C19H17Cl3N2S2/c1-12-6-8-13(9-7-12)25-11-17-14(19(22)24(2)23-17)10-26-18-15(20)4-3-5-16(18)21/h3-9H,10-11H2,1-2H3. The Hall–Kier alpha value is -0.780. The molecule has 0 bridgehead atoms. The Bertz CT molecular complexity index is 888. The topological polar surface area (TPSA) is 17.8 Å². The Labute approximate surface area is 177 Å². The molecule has 0 atom stereocenters. The van der Waals surface area contributed by atoms with Gasteiger partial charge in [0.15, 0.2) is 0 Å². The number of thioether (sulfide) groups is 2. The largest absolute Gasteiger partial charge is 0.256 e. The lowest BCUT2D eigenvalue weighted by Crippen LogP contribution is -1.91. The third-order valence-corrected chi connectivity index (χ3v) is 7.34. The van der Waals surface area contributed by atoms with Crippen molar-refractivity contribution in [2.24, 2.45) is 7.05 Å². The van der Waals surface area contributed by atoms with Crippen LogP contribution in [-0.4, -0.2) is 9.78 Å². The summed E-state index contributed by atoms with van der Waals surface area (Å²) in [5.41, 5.74) is 3.26. The minimum Gasteiger partial charge on any atom is -0.256 e. The van der Waals surface area contributed by atoms with Gasteiger partial charge in [-0.15, -0.1) is 23.5 Å². The Balaban J connectivity index is 1.75. The fraction of sp³-hybridized carbons (Fsp3) is 0.211. The summed E-state index contributed by atoms with van der Waals surface area (Å²) in [6, 6.07) is 14.0. The van der Waals surface area contributed by atoms with Gasteiger partial charge in [-0.2, -0.15) is 5.10 Å². The smallest absolute Gasteiger partial charge is 0.131 e. The van der Waals surface area contributed by atoms with Gasteiger partial charge >= 0.3 is 0 Å². The number of hydrogen-bond acceptors (Lipinski definition) is 3. The van der Waals surface area contributed by atoms with Crippen molar-refractivity contribution in [3.05, 3.63) is 74.5 Å². The lowest BCUT2D eigenvalue weighted by molar-refractivity contribution is 0.755. The molecule has 136 valence electrons. The van der Waals surface area contributed by atoms with Crippen molar-refractivity contribution in [3.63, 3.8) is 0 Å². The van der Waals surface area contributed by atoms with E-state index in [4.69, 9.17) is 34.8 Å². The molecule has 0 amide bonds. The second kappa shape index (κ2) is 8.94. The van der Waals surface area contributed by atoms with Gasteiger partial charge in [-0.25, -0.2) is 0 Å². The molecular formula is C19H17Cl3N2S2. The van der Waals surface area contributed by atoms with Crippen LogP contribution in [0.4, 0.5) is 0 Å². The maximum Gasteiger partial charge on any atom is 0.131 e. The molecule has 26 heavy (non-hydrogen) atoms. The first-order valence-corrected chi connectivity index (χ1v) is 11.0. The van der Waals surface area contributed by atoms with E-state index in [1.165, 1.54) is 10.5 Å². The zero-order valence-electron chi connectivity index (χ0n) is 14.3. The van der Waals surface area contributed by atoms with E-state index in [2.05, 4.69) is 36.3 Å². The van der Waals surface area contributed by atoms with Gasteiger partial charge < -0.3 is 0 Å². The molecule has 1 aromatic heterocycles. The van der Waals surface area contributed by atoms with E-state index >= 15 is 0 Å². The number of aryl methyl sites for hydroxylation is 2. The second-order valence-electron chi connectivity index (χ2n) is 5.78. The van der Waals surface area contributed by atoms with Crippen molar-refractivity contribution in [2.45, 2.75) is 28.2 Å². The molecule has 0 saturated heterocycles. The van der Waals surface area contributed by atoms with Crippen LogP contribution < -0.4 is 0 Å². The summed E-state index contributed by atoms with van der Waals surface area (Å²) in [6.07, 6.45) is 0. The molecule has 0 spiro atoms. The molecule has 2 aromatic carbocycles. The van der Waals surface area contributed by atoms with Gasteiger partial charge in [-0.3, -0.25) is 4.68 Å². The highest BCUT2D eigenvalue weighted by molar-refractivity contribution is 7.99. The van der Waals surface area contributed by atoms with Crippen LogP contribution in [0.2, 0.25) is 15.2 Å². The molecule has 1 heterocycles. The predicted octanol–water partition coefficient (Wildman–Crippen LogP) is 7.27. The highest BCUT2D eigenvalue weighted by Crippen LogP contribution is 2.38. The average molecular weight is 444 g/mol. The minimum absolute atomic E-state index is 0.651. The summed E-state index contributed by atoms with van der Waals surface area (Å²) >= 11 is 22.3. The van der Waals surface area contributed by atoms with Crippen LogP contribution in [0.25, 0.3) is 0 Å². The Morgan fingerprint density at radius 2 is 1.58 bits per heavy atom. The molecule has 0 N–H and O–H groups in total. The molecule has 0 aliphatic heterocycles. The van der Waals surface area contributed by atoms with Crippen LogP contribution in [0.3, 0.4) is 0 Å². The highest BCUT2D eigenvalue weighted by Gasteiger charge is 2.16. The van der Waals surface area contributed by atoms with Gasteiger partial charge in [0.2, 0.25) is 0 Å². The summed E-state index contributed by atoms with van der Waals surface area (Å²) < 4.78 is 1.72. The molecule has 3 aromatic rings. The first-order valence-electron chi connectivity index (χ1n) is 7.92. The zero-order valence-corrected chi connectivity index (χ0v) is 18.2. The van der Waals surface area contributed by atoms with E-state index in [-0.39, 0.29) is 0 Å². The summed E-state index contributed by atoms with van der Waals surface area (Å²) in [5, 5.41) is 6.54. The molecule has 0 aliphatic carbocycles. The minimum atomic E-state index is 0.651. The molecule has 0 fully saturated rings. The van der Waals surface area contributed by atoms with Gasteiger partial charge in [0.1, 0.15) is 5.15 Å². The quantitative estimate of drug-likeness (QED) is 0.373. The third-order valence-electron chi connectivity index (χ3n) is 3.83. The first kappa shape index (κ1) is 20.0. The van der Waals surface area contributed by atoms with E-state index in [1.807, 2.05) is 25.2 Å². The van der Waals surface area contributed by atoms with E-state index in [9.17, 15) is 0 Å². The summed E-state index contributed by atoms with van der Waals surface area (Å²) in [4.78, 5) is 2.08. The Morgan fingerprint density at radius 3 is 2.23 bits per heavy atom. The number of benzene rings is 2. The van der Waals surface area contributed by atoms with Gasteiger partial charge in [0.05, 0.1) is 15.7 Å². The molecule has 2 nitrogen and oxygen atoms in total. The normalized spacial score (nSPS) is 11.1. The highest BCUT2D eigenvalue weighted by atomic mass is 35.5. The molecule has 0 aliphatic rings. The predicted molar refractivity (Wildman–Crippen MR) is 115 cm³/mol. The SMILES string of the molecule is Cc1ccc(SCc2nn(C)c(Cl)c2CSc2c(Cl)cccc2Cl)cc1. The first-order chi connectivity index (χ1) is 12.5. The van der Waals surface area contributed by atoms with Crippen LogP contribution in [0.5, 0.6) is 0 Å². The van der Waals surface area contributed by atoms with Gasteiger partial charge in [-0.1, -0.05) is 58.6 Å². The Morgan fingerprint density at radius 1 is 0.923 bits per heavy atom. The monoisotopic (exact) mass is 442 g/mol. The fourth-order valence-corrected chi connectivity index (χ4v) is 5.29. The molecule has 0 saturated carbocycles. The van der Waals surface area contributed by atoms with Crippen LogP contribution in [0, 0.1) is 6.92 Å². The van der Waals surface area contributed by atoms with Crippen molar-refractivity contribution < 1.29 is 0 Å². The third kappa shape index (κ3) is 4.73. The van der Waals surface area contributed by atoms with Crippen LogP contribution in [-0.2, 0) is 18.6 Å². The van der Waals surface area contributed by atoms with Crippen molar-refractivity contribution in [1.29, 1.82) is 0 Å². The van der Waals surface area contributed by atoms with Gasteiger partial charge in [0, 0.05) is 33.9 Å². The summed E-state index contributed by atoms with van der Waals surface area (Å²) in [5.74, 6) is 1.43. The molecule has 7 heteroatoms. The van der Waals surface area contributed by atoms with Gasteiger partial charge in [0.25, 0.3) is 0 Å². The molecular weight excluding hydrogens is 427 g/mol. The van der Waals surface area contributed by atoms with E-state index in [1.54, 1.807) is 28.2 Å². The lowest BCUT2D eigenvalue weighted by atomic mass is 10.2. The number of aromatic nitrogens is 2. The van der Waals surface area contributed by atoms with Crippen molar-refractivity contribution >= 4 is 58.3 Å². The fourth-order valence-electron chi connectivity index (χ4n) is 2.41. The molecule has 3 rings (SSSR count). The number of halogens is 3. The van der Waals surface area contributed by atoms with E-state index < -0.39 is 0 Å². The van der Waals surface area contributed by atoms with Crippen LogP contribution >= 0.6 is 58.3 Å². The van der Waals surface area contributed by atoms with Crippen molar-refractivity contribution in [2.75, 3.05) is 0 Å². The number of nitrogens with zero attached hydrogens (tertiary/aromatic N) is 2. The molecule has 0 unspecified atom stereocenters. The second-order valence-corrected chi connectivity index (χ2v) is 8.99. The van der Waals surface area contributed by atoms with Crippen LogP contribution in [0.15, 0.2) is 52.3 Å². The maximum absolute atomic E-state index is 6.47. The number of rotatable bonds is 6. The van der Waals surface area contributed by atoms with E-state index in [0.29, 0.717) is 21.0 Å². The summed E-state index contributed by atoms with van der Waals surface area (Å²) in [7, 11) is 1.86. The van der Waals surface area contributed by atoms with Crippen molar-refractivity contribution in [1.82, 2.24) is 9.78 Å². The zero-order chi connectivity index (χ0) is 18.7. The number of hydrogen-bond donors (Lipinski definition) is 0. The van der Waals surface area contributed by atoms with E-state index in [0.717, 1.165) is 21.9 Å². The van der Waals surface area contributed by atoms with Crippen molar-refractivity contribution in [3.8, 4) is 0 Å². The maximum atomic E-state index is 6.47. The summed E-state index contributed by atoms with van der Waals surface area (Å²) in [6.45, 7) is 2.09. The lowest BCUT2D eigenvalue weighted by Gasteiger charge is -2.07. The van der Waals surface area contributed by atoms with Gasteiger partial charge in [-0.05, 0) is 31.2 Å². The average Bonchev–Trinajstić information content (AvgIpc) is 2.88. The van der Waals surface area contributed by atoms with Crippen LogP contribution in [0.1, 0.15) is 16.8 Å². The Kier molecular flexibility index (Phi) is 6.87. The molecule has 0 radical (unpaired) electrons.